The Hall–Kier alpha value is -1.90. The molecule has 1 aliphatic rings. The molecule has 5 nitrogen and oxygen atoms in total. The summed E-state index contributed by atoms with van der Waals surface area (Å²) in [6.45, 7) is 2.28. The van der Waals surface area contributed by atoms with Crippen LogP contribution in [0.15, 0.2) is 24.4 Å². The van der Waals surface area contributed by atoms with Crippen LogP contribution in [0.25, 0.3) is 5.52 Å². The molecule has 1 fully saturated rings. The van der Waals surface area contributed by atoms with Gasteiger partial charge in [-0.05, 0) is 12.1 Å². The molecule has 0 radical (unpaired) electrons. The van der Waals surface area contributed by atoms with Gasteiger partial charge in [-0.2, -0.15) is 5.26 Å². The molecule has 3 heterocycles. The van der Waals surface area contributed by atoms with Crippen LogP contribution in [0, 0.1) is 11.3 Å². The molecular formula is C12H12N4O. The number of nitrogens with one attached hydrogen (secondary N) is 1. The van der Waals surface area contributed by atoms with Gasteiger partial charge in [-0.25, -0.2) is 4.98 Å². The minimum Gasteiger partial charge on any atom is -0.368 e. The maximum absolute atomic E-state index is 9.07. The summed E-state index contributed by atoms with van der Waals surface area (Å²) < 4.78 is 7.60. The second-order valence-corrected chi connectivity index (χ2v) is 3.95. The lowest BCUT2D eigenvalue weighted by molar-refractivity contribution is 0.0218. The average Bonchev–Trinajstić information content (AvgIpc) is 2.78. The monoisotopic (exact) mass is 228 g/mol. The molecule has 86 valence electrons. The maximum atomic E-state index is 9.07. The Morgan fingerprint density at radius 1 is 1.53 bits per heavy atom. The van der Waals surface area contributed by atoms with Crippen molar-refractivity contribution in [2.75, 3.05) is 19.7 Å². The highest BCUT2D eigenvalue weighted by molar-refractivity contribution is 5.58. The summed E-state index contributed by atoms with van der Waals surface area (Å²) in [4.78, 5) is 4.37. The molecule has 1 atom stereocenters. The molecule has 0 spiro atoms. The Balaban J connectivity index is 2.13. The van der Waals surface area contributed by atoms with E-state index in [9.17, 15) is 0 Å². The zero-order chi connectivity index (χ0) is 11.7. The number of fused-ring (bicyclic) bond motifs is 1. The van der Waals surface area contributed by atoms with Crippen LogP contribution < -0.4 is 5.32 Å². The molecule has 1 saturated heterocycles. The van der Waals surface area contributed by atoms with Crippen LogP contribution in [-0.4, -0.2) is 29.1 Å². The summed E-state index contributed by atoms with van der Waals surface area (Å²) in [6, 6.07) is 7.85. The molecule has 5 heteroatoms. The Labute approximate surface area is 98.6 Å². The Kier molecular flexibility index (Phi) is 2.52. The van der Waals surface area contributed by atoms with Crippen LogP contribution in [0.2, 0.25) is 0 Å². The highest BCUT2D eigenvalue weighted by atomic mass is 16.5. The van der Waals surface area contributed by atoms with Crippen LogP contribution in [0.5, 0.6) is 0 Å². The fraction of sp³-hybridized carbons (Fsp3) is 0.333. The third-order valence-electron chi connectivity index (χ3n) is 2.90. The molecule has 0 aliphatic carbocycles. The second-order valence-electron chi connectivity index (χ2n) is 3.95. The lowest BCUT2D eigenvalue weighted by atomic mass is 10.3. The van der Waals surface area contributed by atoms with Crippen molar-refractivity contribution in [3.8, 4) is 6.07 Å². The lowest BCUT2D eigenvalue weighted by Gasteiger charge is -2.22. The summed E-state index contributed by atoms with van der Waals surface area (Å²) >= 11 is 0. The average molecular weight is 228 g/mol. The van der Waals surface area contributed by atoms with E-state index in [0.29, 0.717) is 12.3 Å². The van der Waals surface area contributed by atoms with Crippen molar-refractivity contribution in [3.05, 3.63) is 35.9 Å². The van der Waals surface area contributed by atoms with Crippen LogP contribution in [0.3, 0.4) is 0 Å². The first-order valence-corrected chi connectivity index (χ1v) is 5.59. The van der Waals surface area contributed by atoms with E-state index in [2.05, 4.69) is 16.4 Å². The summed E-state index contributed by atoms with van der Waals surface area (Å²) in [5.41, 5.74) is 1.29. The Bertz CT molecular complexity index is 578. The van der Waals surface area contributed by atoms with Crippen LogP contribution >= 0.6 is 0 Å². The number of nitriles is 1. The molecule has 2 aromatic heterocycles. The summed E-state index contributed by atoms with van der Waals surface area (Å²) in [7, 11) is 0. The predicted molar refractivity (Wildman–Crippen MR) is 61.5 cm³/mol. The molecule has 0 amide bonds. The number of aromatic nitrogens is 2. The van der Waals surface area contributed by atoms with Gasteiger partial charge in [0, 0.05) is 19.3 Å². The van der Waals surface area contributed by atoms with Gasteiger partial charge in [-0.1, -0.05) is 6.07 Å². The second kappa shape index (κ2) is 4.17. The van der Waals surface area contributed by atoms with Crippen molar-refractivity contribution in [2.24, 2.45) is 0 Å². The van der Waals surface area contributed by atoms with E-state index in [1.54, 1.807) is 0 Å². The van der Waals surface area contributed by atoms with E-state index in [1.165, 1.54) is 0 Å². The highest BCUT2D eigenvalue weighted by Gasteiger charge is 2.22. The van der Waals surface area contributed by atoms with Gasteiger partial charge in [0.2, 0.25) is 0 Å². The fourth-order valence-corrected chi connectivity index (χ4v) is 2.10. The molecule has 17 heavy (non-hydrogen) atoms. The van der Waals surface area contributed by atoms with Crippen molar-refractivity contribution in [1.29, 1.82) is 5.26 Å². The lowest BCUT2D eigenvalue weighted by Crippen LogP contribution is -2.34. The van der Waals surface area contributed by atoms with E-state index >= 15 is 0 Å². The smallest absolute Gasteiger partial charge is 0.166 e. The van der Waals surface area contributed by atoms with Crippen molar-refractivity contribution < 1.29 is 4.74 Å². The van der Waals surface area contributed by atoms with Crippen LogP contribution in [0.1, 0.15) is 17.6 Å². The van der Waals surface area contributed by atoms with Crippen LogP contribution in [0.4, 0.5) is 0 Å². The van der Waals surface area contributed by atoms with Gasteiger partial charge >= 0.3 is 0 Å². The van der Waals surface area contributed by atoms with Crippen molar-refractivity contribution >= 4 is 5.52 Å². The molecule has 1 unspecified atom stereocenters. The van der Waals surface area contributed by atoms with Gasteiger partial charge in [-0.15, -0.1) is 0 Å². The topological polar surface area (TPSA) is 62.3 Å². The number of nitrogens with zero attached hydrogens (tertiary/aromatic N) is 3. The summed E-state index contributed by atoms with van der Waals surface area (Å²) in [5, 5.41) is 12.3. The Morgan fingerprint density at radius 2 is 2.47 bits per heavy atom. The van der Waals surface area contributed by atoms with E-state index in [-0.39, 0.29) is 6.10 Å². The molecule has 0 aromatic carbocycles. The van der Waals surface area contributed by atoms with Crippen molar-refractivity contribution in [3.63, 3.8) is 0 Å². The fourth-order valence-electron chi connectivity index (χ4n) is 2.10. The van der Waals surface area contributed by atoms with Gasteiger partial charge in [-0.3, -0.25) is 0 Å². The number of ether oxygens (including phenoxy) is 1. The number of rotatable bonds is 1. The standard InChI is InChI=1S/C12H12N4O/c13-7-9-10-3-1-2-5-16(10)12(15-9)11-8-14-4-6-17-11/h1-3,5,11,14H,4,6,8H2. The van der Waals surface area contributed by atoms with Gasteiger partial charge in [0.25, 0.3) is 0 Å². The number of morpholine rings is 1. The van der Waals surface area contributed by atoms with Crippen molar-refractivity contribution in [1.82, 2.24) is 14.7 Å². The number of pyridine rings is 1. The third kappa shape index (κ3) is 1.68. The minimum absolute atomic E-state index is 0.0826. The van der Waals surface area contributed by atoms with Crippen LogP contribution in [-0.2, 0) is 4.74 Å². The molecule has 2 aromatic rings. The zero-order valence-electron chi connectivity index (χ0n) is 9.26. The molecule has 0 bridgehead atoms. The molecule has 0 saturated carbocycles. The summed E-state index contributed by atoms with van der Waals surface area (Å²) in [5.74, 6) is 0.796. The first kappa shape index (κ1) is 10.3. The van der Waals surface area contributed by atoms with Gasteiger partial charge in [0.1, 0.15) is 18.0 Å². The zero-order valence-corrected chi connectivity index (χ0v) is 9.26. The van der Waals surface area contributed by atoms with Gasteiger partial charge in [0.15, 0.2) is 5.69 Å². The highest BCUT2D eigenvalue weighted by Crippen LogP contribution is 2.21. The molecule has 3 rings (SSSR count). The van der Waals surface area contributed by atoms with Gasteiger partial charge in [0.05, 0.1) is 12.1 Å². The van der Waals surface area contributed by atoms with E-state index in [0.717, 1.165) is 24.4 Å². The maximum Gasteiger partial charge on any atom is 0.166 e. The van der Waals surface area contributed by atoms with E-state index in [1.807, 2.05) is 28.8 Å². The normalized spacial score (nSPS) is 20.3. The first-order valence-electron chi connectivity index (χ1n) is 5.59. The third-order valence-corrected chi connectivity index (χ3v) is 2.90. The largest absolute Gasteiger partial charge is 0.368 e. The van der Waals surface area contributed by atoms with E-state index < -0.39 is 0 Å². The quantitative estimate of drug-likeness (QED) is 0.786. The summed E-state index contributed by atoms with van der Waals surface area (Å²) in [6.07, 6.45) is 1.83. The molecule has 1 aliphatic heterocycles. The minimum atomic E-state index is -0.0826. The van der Waals surface area contributed by atoms with Crippen molar-refractivity contribution in [2.45, 2.75) is 6.10 Å². The van der Waals surface area contributed by atoms with Gasteiger partial charge < -0.3 is 14.5 Å². The SMILES string of the molecule is N#Cc1nc(C2CNCCO2)n2ccccc12. The molecular weight excluding hydrogens is 216 g/mol. The van der Waals surface area contributed by atoms with E-state index in [4.69, 9.17) is 10.00 Å². The number of hydrogen-bond donors (Lipinski definition) is 1. The first-order chi connectivity index (χ1) is 8.40. The predicted octanol–water partition coefficient (Wildman–Crippen LogP) is 0.867. The Morgan fingerprint density at radius 3 is 3.24 bits per heavy atom. The number of hydrogen-bond acceptors (Lipinski definition) is 4. The molecule has 1 N–H and O–H groups in total. The number of imidazole rings is 1.